The molecule has 3 N–H and O–H groups in total. The summed E-state index contributed by atoms with van der Waals surface area (Å²) in [6.45, 7) is 2.49. The predicted molar refractivity (Wildman–Crippen MR) is 80.2 cm³/mol. The Kier molecular flexibility index (Phi) is 6.39. The van der Waals surface area contributed by atoms with Gasteiger partial charge in [-0.05, 0) is 18.6 Å². The molecule has 0 fully saturated rings. The molecule has 1 aromatic carbocycles. The van der Waals surface area contributed by atoms with Crippen molar-refractivity contribution in [1.82, 2.24) is 4.72 Å². The van der Waals surface area contributed by atoms with Crippen molar-refractivity contribution in [2.24, 2.45) is 0 Å². The summed E-state index contributed by atoms with van der Waals surface area (Å²) in [7, 11) is -3.64. The molecule has 108 valence electrons. The van der Waals surface area contributed by atoms with Crippen LogP contribution in [-0.2, 0) is 10.0 Å². The largest absolute Gasteiger partial charge is 0.396 e. The number of hydrogen-bond donors (Lipinski definition) is 2. The molecular weight excluding hydrogens is 307 g/mol. The van der Waals surface area contributed by atoms with Crippen LogP contribution in [0.25, 0.3) is 0 Å². The fourth-order valence-corrected chi connectivity index (χ4v) is 3.43. The minimum absolute atomic E-state index is 0.0337. The monoisotopic (exact) mass is 324 g/mol. The lowest BCUT2D eigenvalue weighted by Crippen LogP contribution is -2.25. The molecule has 0 spiro atoms. The zero-order valence-corrected chi connectivity index (χ0v) is 13.1. The maximum Gasteiger partial charge on any atom is 0.242 e. The lowest BCUT2D eigenvalue weighted by Gasteiger charge is -2.10. The maximum atomic E-state index is 12.1. The Bertz CT molecular complexity index is 533. The Morgan fingerprint density at radius 2 is 1.89 bits per heavy atom. The van der Waals surface area contributed by atoms with Gasteiger partial charge in [-0.1, -0.05) is 49.4 Å². The van der Waals surface area contributed by atoms with Gasteiger partial charge in [-0.2, -0.15) is 0 Å². The number of sulfonamides is 1. The van der Waals surface area contributed by atoms with Crippen LogP contribution in [0, 0.1) is 0 Å². The van der Waals surface area contributed by atoms with Gasteiger partial charge in [-0.15, -0.1) is 0 Å². The van der Waals surface area contributed by atoms with E-state index in [2.05, 4.69) is 11.6 Å². The van der Waals surface area contributed by atoms with Gasteiger partial charge < -0.3 is 5.73 Å². The number of halogens is 2. The van der Waals surface area contributed by atoms with Gasteiger partial charge in [0.2, 0.25) is 10.0 Å². The van der Waals surface area contributed by atoms with Crippen molar-refractivity contribution in [3.8, 4) is 0 Å². The number of benzene rings is 1. The third-order valence-electron chi connectivity index (χ3n) is 2.70. The average Bonchev–Trinajstić information content (AvgIpc) is 2.35. The summed E-state index contributed by atoms with van der Waals surface area (Å²) in [5.41, 5.74) is 5.70. The van der Waals surface area contributed by atoms with Gasteiger partial charge in [0.15, 0.2) is 0 Å². The first kappa shape index (κ1) is 16.6. The number of nitrogen functional groups attached to an aromatic ring is 1. The van der Waals surface area contributed by atoms with Crippen LogP contribution in [-0.4, -0.2) is 15.0 Å². The molecule has 0 aliphatic rings. The van der Waals surface area contributed by atoms with Gasteiger partial charge >= 0.3 is 0 Å². The molecule has 1 aromatic rings. The van der Waals surface area contributed by atoms with E-state index >= 15 is 0 Å². The van der Waals surface area contributed by atoms with Crippen LogP contribution in [0.4, 0.5) is 5.69 Å². The van der Waals surface area contributed by atoms with Gasteiger partial charge in [0, 0.05) is 6.54 Å². The second kappa shape index (κ2) is 7.33. The molecule has 0 aromatic heterocycles. The van der Waals surface area contributed by atoms with Crippen LogP contribution in [0.15, 0.2) is 17.0 Å². The van der Waals surface area contributed by atoms with Crippen molar-refractivity contribution < 1.29 is 8.42 Å². The van der Waals surface area contributed by atoms with Gasteiger partial charge in [0.05, 0.1) is 15.7 Å². The summed E-state index contributed by atoms with van der Waals surface area (Å²) in [6.07, 6.45) is 3.99. The van der Waals surface area contributed by atoms with E-state index in [1.54, 1.807) is 0 Å². The Hall–Kier alpha value is -0.490. The molecule has 0 saturated carbocycles. The van der Waals surface area contributed by atoms with Gasteiger partial charge in [0.1, 0.15) is 4.90 Å². The van der Waals surface area contributed by atoms with Crippen molar-refractivity contribution in [2.75, 3.05) is 12.3 Å². The quantitative estimate of drug-likeness (QED) is 0.596. The van der Waals surface area contributed by atoms with Gasteiger partial charge in [0.25, 0.3) is 0 Å². The molecule has 0 atom stereocenters. The van der Waals surface area contributed by atoms with E-state index in [0.29, 0.717) is 6.54 Å². The standard InChI is InChI=1S/C12H18Cl2N2O2S/c1-2-3-4-5-8-16-19(17,18)10-7-6-9(13)12(15)11(10)14/h6-7,16H,2-5,8,15H2,1H3. The summed E-state index contributed by atoms with van der Waals surface area (Å²) in [4.78, 5) is -0.0356. The molecule has 0 aliphatic heterocycles. The lowest BCUT2D eigenvalue weighted by molar-refractivity contribution is 0.574. The second-order valence-corrected chi connectivity index (χ2v) is 6.75. The predicted octanol–water partition coefficient (Wildman–Crippen LogP) is 3.43. The minimum Gasteiger partial charge on any atom is -0.396 e. The number of rotatable bonds is 7. The van der Waals surface area contributed by atoms with Gasteiger partial charge in [-0.25, -0.2) is 13.1 Å². The lowest BCUT2D eigenvalue weighted by atomic mass is 10.2. The third-order valence-corrected chi connectivity index (χ3v) is 5.06. The van der Waals surface area contributed by atoms with E-state index < -0.39 is 10.0 Å². The molecule has 0 unspecified atom stereocenters. The molecule has 7 heteroatoms. The molecule has 0 bridgehead atoms. The van der Waals surface area contributed by atoms with Crippen LogP contribution < -0.4 is 10.5 Å². The zero-order chi connectivity index (χ0) is 14.5. The minimum atomic E-state index is -3.64. The molecule has 0 aliphatic carbocycles. The normalized spacial score (nSPS) is 11.7. The fourth-order valence-electron chi connectivity index (χ4n) is 1.59. The Morgan fingerprint density at radius 3 is 2.53 bits per heavy atom. The van der Waals surface area contributed by atoms with E-state index in [1.165, 1.54) is 12.1 Å². The molecule has 19 heavy (non-hydrogen) atoms. The van der Waals surface area contributed by atoms with Crippen LogP contribution in [0.3, 0.4) is 0 Å². The van der Waals surface area contributed by atoms with Crippen LogP contribution in [0.2, 0.25) is 10.0 Å². The second-order valence-electron chi connectivity index (χ2n) is 4.23. The SMILES string of the molecule is CCCCCCNS(=O)(=O)c1ccc(Cl)c(N)c1Cl. The highest BCUT2D eigenvalue weighted by Crippen LogP contribution is 2.32. The van der Waals surface area contributed by atoms with Crippen molar-refractivity contribution in [2.45, 2.75) is 37.5 Å². The van der Waals surface area contributed by atoms with E-state index in [4.69, 9.17) is 28.9 Å². The van der Waals surface area contributed by atoms with Crippen molar-refractivity contribution in [3.05, 3.63) is 22.2 Å². The first-order valence-electron chi connectivity index (χ1n) is 6.13. The van der Waals surface area contributed by atoms with Crippen molar-refractivity contribution >= 4 is 38.9 Å². The Morgan fingerprint density at radius 1 is 1.21 bits per heavy atom. The maximum absolute atomic E-state index is 12.1. The summed E-state index contributed by atoms with van der Waals surface area (Å²) >= 11 is 11.7. The Balaban J connectivity index is 2.75. The zero-order valence-electron chi connectivity index (χ0n) is 10.7. The highest BCUT2D eigenvalue weighted by molar-refractivity contribution is 7.89. The highest BCUT2D eigenvalue weighted by atomic mass is 35.5. The summed E-state index contributed by atoms with van der Waals surface area (Å²) in [6, 6.07) is 2.78. The van der Waals surface area contributed by atoms with Crippen LogP contribution >= 0.6 is 23.2 Å². The fraction of sp³-hybridized carbons (Fsp3) is 0.500. The molecular formula is C12H18Cl2N2O2S. The van der Waals surface area contributed by atoms with E-state index in [0.717, 1.165) is 25.7 Å². The number of nitrogens with two attached hydrogens (primary N) is 1. The van der Waals surface area contributed by atoms with E-state index in [-0.39, 0.29) is 20.6 Å². The third kappa shape index (κ3) is 4.53. The van der Waals surface area contributed by atoms with E-state index in [1.807, 2.05) is 0 Å². The molecule has 4 nitrogen and oxygen atoms in total. The van der Waals surface area contributed by atoms with Crippen LogP contribution in [0.1, 0.15) is 32.6 Å². The van der Waals surface area contributed by atoms with Gasteiger partial charge in [-0.3, -0.25) is 0 Å². The number of hydrogen-bond acceptors (Lipinski definition) is 3. The number of unbranched alkanes of at least 4 members (excludes halogenated alkanes) is 3. The highest BCUT2D eigenvalue weighted by Gasteiger charge is 2.20. The molecule has 0 heterocycles. The first-order valence-corrected chi connectivity index (χ1v) is 8.37. The summed E-state index contributed by atoms with van der Waals surface area (Å²) in [5.74, 6) is 0. The first-order chi connectivity index (χ1) is 8.90. The van der Waals surface area contributed by atoms with E-state index in [9.17, 15) is 8.42 Å². The number of anilines is 1. The van der Waals surface area contributed by atoms with Crippen LogP contribution in [0.5, 0.6) is 0 Å². The average molecular weight is 325 g/mol. The smallest absolute Gasteiger partial charge is 0.242 e. The molecule has 0 saturated heterocycles. The Labute approximate surface area is 124 Å². The number of nitrogens with one attached hydrogen (secondary N) is 1. The van der Waals surface area contributed by atoms with Crippen molar-refractivity contribution in [1.29, 1.82) is 0 Å². The summed E-state index contributed by atoms with van der Waals surface area (Å²) in [5, 5.41) is 0.209. The van der Waals surface area contributed by atoms with Crippen molar-refractivity contribution in [3.63, 3.8) is 0 Å². The molecule has 0 amide bonds. The summed E-state index contributed by atoms with van der Waals surface area (Å²) < 4.78 is 26.6. The topological polar surface area (TPSA) is 72.2 Å². The molecule has 0 radical (unpaired) electrons. The molecule has 1 rings (SSSR count).